The zero-order chi connectivity index (χ0) is 12.3. The van der Waals surface area contributed by atoms with E-state index in [0.717, 1.165) is 11.9 Å². The Kier molecular flexibility index (Phi) is 3.82. The van der Waals surface area contributed by atoms with Crippen LogP contribution in [0.25, 0.3) is 10.2 Å². The Labute approximate surface area is 108 Å². The van der Waals surface area contributed by atoms with E-state index in [9.17, 15) is 0 Å². The van der Waals surface area contributed by atoms with Crippen LogP contribution in [0.3, 0.4) is 0 Å². The molecule has 0 amide bonds. The van der Waals surface area contributed by atoms with Gasteiger partial charge in [-0.2, -0.15) is 0 Å². The second kappa shape index (κ2) is 5.18. The third-order valence-corrected chi connectivity index (χ3v) is 4.00. The lowest BCUT2D eigenvalue weighted by atomic mass is 9.89. The quantitative estimate of drug-likeness (QED) is 0.688. The monoisotopic (exact) mass is 247 g/mol. The van der Waals surface area contributed by atoms with Crippen molar-refractivity contribution in [2.45, 2.75) is 46.5 Å². The van der Waals surface area contributed by atoms with Crippen LogP contribution >= 0.6 is 11.3 Å². The van der Waals surface area contributed by atoms with E-state index in [1.165, 1.54) is 29.0 Å². The molecule has 2 aromatic rings. The number of thiazole rings is 1. The number of para-hydroxylation sites is 1. The molecule has 2 rings (SSSR count). The molecule has 0 aliphatic heterocycles. The van der Waals surface area contributed by atoms with Gasteiger partial charge in [0, 0.05) is 0 Å². The molecule has 92 valence electrons. The molecule has 17 heavy (non-hydrogen) atoms. The number of aryl methyl sites for hydroxylation is 1. The molecule has 0 atom stereocenters. The molecule has 0 saturated carbocycles. The fourth-order valence-corrected chi connectivity index (χ4v) is 2.97. The minimum atomic E-state index is 0.466. The predicted molar refractivity (Wildman–Crippen MR) is 76.6 cm³/mol. The van der Waals surface area contributed by atoms with Gasteiger partial charge in [-0.05, 0) is 36.8 Å². The van der Waals surface area contributed by atoms with Crippen LogP contribution in [0.5, 0.6) is 0 Å². The molecule has 1 aromatic carbocycles. The van der Waals surface area contributed by atoms with Gasteiger partial charge >= 0.3 is 0 Å². The van der Waals surface area contributed by atoms with Crippen LogP contribution in [0.4, 0.5) is 0 Å². The van der Waals surface area contributed by atoms with Gasteiger partial charge in [-0.15, -0.1) is 11.3 Å². The second-order valence-corrected chi connectivity index (χ2v) is 6.96. The third-order valence-electron chi connectivity index (χ3n) is 2.91. The summed E-state index contributed by atoms with van der Waals surface area (Å²) in [5.41, 5.74) is 1.62. The fraction of sp³-hybridized carbons (Fsp3) is 0.533. The van der Waals surface area contributed by atoms with Crippen molar-refractivity contribution in [2.75, 3.05) is 0 Å². The van der Waals surface area contributed by atoms with E-state index in [1.807, 2.05) is 11.3 Å². The van der Waals surface area contributed by atoms with Crippen molar-refractivity contribution in [1.82, 2.24) is 4.98 Å². The molecule has 0 aliphatic carbocycles. The Balaban J connectivity index is 1.87. The summed E-state index contributed by atoms with van der Waals surface area (Å²) in [4.78, 5) is 4.67. The largest absolute Gasteiger partial charge is 0.241 e. The number of benzene rings is 1. The molecule has 0 aliphatic rings. The van der Waals surface area contributed by atoms with Gasteiger partial charge in [-0.1, -0.05) is 39.3 Å². The average Bonchev–Trinajstić information content (AvgIpc) is 2.65. The standard InChI is InChI=1S/C15H21NS/c1-15(2,3)11-7-6-10-14-16-12-8-4-5-9-13(12)17-14/h4-5,8-9H,6-7,10-11H2,1-3H3. The minimum absolute atomic E-state index is 0.466. The topological polar surface area (TPSA) is 12.9 Å². The van der Waals surface area contributed by atoms with E-state index in [1.54, 1.807) is 0 Å². The van der Waals surface area contributed by atoms with Gasteiger partial charge in [0.2, 0.25) is 0 Å². The first-order valence-corrected chi connectivity index (χ1v) is 7.21. The predicted octanol–water partition coefficient (Wildman–Crippen LogP) is 5.06. The Morgan fingerprint density at radius 1 is 1.12 bits per heavy atom. The molecule has 1 nitrogen and oxygen atoms in total. The lowest BCUT2D eigenvalue weighted by Crippen LogP contribution is -2.04. The highest BCUT2D eigenvalue weighted by atomic mass is 32.1. The van der Waals surface area contributed by atoms with Crippen LogP contribution in [0.2, 0.25) is 0 Å². The maximum atomic E-state index is 4.67. The Hall–Kier alpha value is -0.890. The van der Waals surface area contributed by atoms with Crippen molar-refractivity contribution in [3.05, 3.63) is 29.3 Å². The van der Waals surface area contributed by atoms with Crippen molar-refractivity contribution < 1.29 is 0 Å². The van der Waals surface area contributed by atoms with Crippen molar-refractivity contribution in [3.63, 3.8) is 0 Å². The highest BCUT2D eigenvalue weighted by Crippen LogP contribution is 2.25. The molecule has 0 fully saturated rings. The Bertz CT molecular complexity index is 446. The number of unbranched alkanes of at least 4 members (excludes halogenated alkanes) is 1. The molecule has 0 N–H and O–H groups in total. The maximum Gasteiger partial charge on any atom is 0.0938 e. The summed E-state index contributed by atoms with van der Waals surface area (Å²) in [7, 11) is 0. The molecule has 0 unspecified atom stereocenters. The van der Waals surface area contributed by atoms with Crippen LogP contribution in [0.1, 0.15) is 45.0 Å². The average molecular weight is 247 g/mol. The van der Waals surface area contributed by atoms with Gasteiger partial charge in [0.1, 0.15) is 0 Å². The summed E-state index contributed by atoms with van der Waals surface area (Å²) in [6, 6.07) is 8.41. The number of hydrogen-bond acceptors (Lipinski definition) is 2. The zero-order valence-corrected chi connectivity index (χ0v) is 11.8. The summed E-state index contributed by atoms with van der Waals surface area (Å²) < 4.78 is 1.32. The number of aromatic nitrogens is 1. The normalized spacial score (nSPS) is 12.2. The van der Waals surface area contributed by atoms with Crippen molar-refractivity contribution in [1.29, 1.82) is 0 Å². The molecule has 0 bridgehead atoms. The second-order valence-electron chi connectivity index (χ2n) is 5.84. The number of nitrogens with zero attached hydrogens (tertiary/aromatic N) is 1. The van der Waals surface area contributed by atoms with E-state index < -0.39 is 0 Å². The van der Waals surface area contributed by atoms with Gasteiger partial charge < -0.3 is 0 Å². The first kappa shape index (κ1) is 12.6. The van der Waals surface area contributed by atoms with Crippen LogP contribution in [-0.4, -0.2) is 4.98 Å². The van der Waals surface area contributed by atoms with Crippen molar-refractivity contribution in [2.24, 2.45) is 5.41 Å². The zero-order valence-electron chi connectivity index (χ0n) is 11.0. The highest BCUT2D eigenvalue weighted by molar-refractivity contribution is 7.18. The number of rotatable bonds is 4. The molecular formula is C15H21NS. The Morgan fingerprint density at radius 3 is 2.59 bits per heavy atom. The van der Waals surface area contributed by atoms with Gasteiger partial charge in [-0.3, -0.25) is 0 Å². The van der Waals surface area contributed by atoms with Gasteiger partial charge in [0.05, 0.1) is 15.2 Å². The van der Waals surface area contributed by atoms with E-state index in [2.05, 4.69) is 50.0 Å². The lowest BCUT2D eigenvalue weighted by Gasteiger charge is -2.17. The van der Waals surface area contributed by atoms with Crippen LogP contribution in [0.15, 0.2) is 24.3 Å². The van der Waals surface area contributed by atoms with E-state index in [-0.39, 0.29) is 0 Å². The number of fused-ring (bicyclic) bond motifs is 1. The highest BCUT2D eigenvalue weighted by Gasteiger charge is 2.09. The van der Waals surface area contributed by atoms with E-state index in [4.69, 9.17) is 0 Å². The maximum absolute atomic E-state index is 4.67. The smallest absolute Gasteiger partial charge is 0.0938 e. The summed E-state index contributed by atoms with van der Waals surface area (Å²) >= 11 is 1.84. The van der Waals surface area contributed by atoms with Crippen molar-refractivity contribution in [3.8, 4) is 0 Å². The van der Waals surface area contributed by atoms with Crippen LogP contribution < -0.4 is 0 Å². The van der Waals surface area contributed by atoms with Gasteiger partial charge in [-0.25, -0.2) is 4.98 Å². The molecule has 2 heteroatoms. The molecule has 0 radical (unpaired) electrons. The van der Waals surface area contributed by atoms with Gasteiger partial charge in [0.25, 0.3) is 0 Å². The molecule has 1 aromatic heterocycles. The lowest BCUT2D eigenvalue weighted by molar-refractivity contribution is 0.360. The minimum Gasteiger partial charge on any atom is -0.241 e. The summed E-state index contributed by atoms with van der Waals surface area (Å²) in [5, 5.41) is 1.29. The molecule has 0 saturated heterocycles. The third kappa shape index (κ3) is 3.81. The first-order chi connectivity index (χ1) is 8.04. The Morgan fingerprint density at radius 2 is 1.88 bits per heavy atom. The van der Waals surface area contributed by atoms with Gasteiger partial charge in [0.15, 0.2) is 0 Å². The fourth-order valence-electron chi connectivity index (χ4n) is 1.96. The van der Waals surface area contributed by atoms with E-state index >= 15 is 0 Å². The molecular weight excluding hydrogens is 226 g/mol. The summed E-state index contributed by atoms with van der Waals surface area (Å²) in [6.45, 7) is 6.93. The van der Waals surface area contributed by atoms with Crippen LogP contribution in [-0.2, 0) is 6.42 Å². The first-order valence-electron chi connectivity index (χ1n) is 6.39. The van der Waals surface area contributed by atoms with Crippen molar-refractivity contribution >= 4 is 21.6 Å². The SMILES string of the molecule is CC(C)(C)CCCCc1nc2ccccc2s1. The molecule has 1 heterocycles. The molecule has 0 spiro atoms. The number of hydrogen-bond donors (Lipinski definition) is 0. The summed E-state index contributed by atoms with van der Waals surface area (Å²) in [6.07, 6.45) is 5.00. The van der Waals surface area contributed by atoms with Crippen LogP contribution in [0, 0.1) is 5.41 Å². The van der Waals surface area contributed by atoms with E-state index in [0.29, 0.717) is 5.41 Å². The summed E-state index contributed by atoms with van der Waals surface area (Å²) in [5.74, 6) is 0.